The van der Waals surface area contributed by atoms with Crippen molar-refractivity contribution in [2.24, 2.45) is 5.92 Å². The number of nitrogens with one attached hydrogen (secondary N) is 1. The van der Waals surface area contributed by atoms with Gasteiger partial charge in [0.15, 0.2) is 0 Å². The summed E-state index contributed by atoms with van der Waals surface area (Å²) in [5.41, 5.74) is 1.32. The second kappa shape index (κ2) is 4.39. The van der Waals surface area contributed by atoms with Crippen molar-refractivity contribution in [1.82, 2.24) is 0 Å². The van der Waals surface area contributed by atoms with Gasteiger partial charge in [0, 0.05) is 12.0 Å². The molecular weight excluding hydrogens is 250 g/mol. The zero-order valence-corrected chi connectivity index (χ0v) is 10.6. The van der Waals surface area contributed by atoms with Crippen LogP contribution in [0, 0.1) is 5.92 Å². The van der Waals surface area contributed by atoms with Crippen molar-refractivity contribution in [1.29, 1.82) is 0 Å². The number of thioether (sulfide) groups is 1. The number of benzene rings is 1. The van der Waals surface area contributed by atoms with Crippen LogP contribution in [0.2, 0.25) is 0 Å². The van der Waals surface area contributed by atoms with Crippen molar-refractivity contribution < 1.29 is 15.0 Å². The van der Waals surface area contributed by atoms with Gasteiger partial charge in [0.05, 0.1) is 11.6 Å². The van der Waals surface area contributed by atoms with Crippen LogP contribution in [0.15, 0.2) is 18.2 Å². The number of phenols is 1. The summed E-state index contributed by atoms with van der Waals surface area (Å²) in [7, 11) is 0. The number of hydrogen-bond donors (Lipinski definition) is 3. The number of hydrogen-bond acceptors (Lipinski definition) is 4. The third-order valence-electron chi connectivity index (χ3n) is 3.83. The van der Waals surface area contributed by atoms with E-state index < -0.39 is 11.9 Å². The Morgan fingerprint density at radius 2 is 2.28 bits per heavy atom. The second-order valence-corrected chi connectivity index (χ2v) is 5.99. The predicted octanol–water partition coefficient (Wildman–Crippen LogP) is 2.11. The predicted molar refractivity (Wildman–Crippen MR) is 71.3 cm³/mol. The van der Waals surface area contributed by atoms with E-state index in [9.17, 15) is 15.0 Å². The molecule has 0 saturated carbocycles. The van der Waals surface area contributed by atoms with Gasteiger partial charge in [0.2, 0.25) is 0 Å². The average Bonchev–Trinajstić information content (AvgIpc) is 2.36. The quantitative estimate of drug-likeness (QED) is 0.678. The van der Waals surface area contributed by atoms with Crippen LogP contribution in [0.4, 0.5) is 5.69 Å². The third-order valence-corrected chi connectivity index (χ3v) is 4.98. The lowest BCUT2D eigenvalue weighted by molar-refractivity contribution is -0.140. The Balaban J connectivity index is 2.10. The maximum atomic E-state index is 11.6. The highest BCUT2D eigenvalue weighted by atomic mass is 32.2. The van der Waals surface area contributed by atoms with Gasteiger partial charge in [-0.15, -0.1) is 0 Å². The summed E-state index contributed by atoms with van der Waals surface area (Å²) in [6.45, 7) is 0. The molecule has 3 rings (SSSR count). The van der Waals surface area contributed by atoms with E-state index in [0.717, 1.165) is 17.9 Å². The first-order chi connectivity index (χ1) is 8.68. The zero-order chi connectivity index (χ0) is 12.7. The monoisotopic (exact) mass is 265 g/mol. The fraction of sp³-hybridized carbons (Fsp3) is 0.462. The van der Waals surface area contributed by atoms with Gasteiger partial charge in [-0.25, -0.2) is 0 Å². The number of carbonyl (C=O) groups is 1. The molecule has 0 aliphatic carbocycles. The molecule has 18 heavy (non-hydrogen) atoms. The minimum absolute atomic E-state index is 0.107. The molecule has 3 unspecified atom stereocenters. The third kappa shape index (κ3) is 1.73. The molecular formula is C13H15NO3S. The first-order valence-corrected chi connectivity index (χ1v) is 7.23. The van der Waals surface area contributed by atoms with Gasteiger partial charge in [-0.3, -0.25) is 4.79 Å². The summed E-state index contributed by atoms with van der Waals surface area (Å²) in [5, 5.41) is 22.7. The van der Waals surface area contributed by atoms with E-state index in [1.165, 1.54) is 0 Å². The van der Waals surface area contributed by atoms with E-state index in [0.29, 0.717) is 11.3 Å². The van der Waals surface area contributed by atoms with Crippen LogP contribution in [0.25, 0.3) is 0 Å². The average molecular weight is 265 g/mol. The largest absolute Gasteiger partial charge is 0.506 e. The Kier molecular flexibility index (Phi) is 2.86. The van der Waals surface area contributed by atoms with E-state index in [1.54, 1.807) is 18.2 Å². The fourth-order valence-electron chi connectivity index (χ4n) is 2.97. The first kappa shape index (κ1) is 11.7. The number of aromatic hydroxyl groups is 1. The van der Waals surface area contributed by atoms with Crippen molar-refractivity contribution in [3.8, 4) is 5.75 Å². The number of rotatable bonds is 1. The molecule has 1 aromatic rings. The number of anilines is 1. The van der Waals surface area contributed by atoms with Crippen molar-refractivity contribution in [3.05, 3.63) is 23.8 Å². The smallest absolute Gasteiger partial charge is 0.311 e. The minimum Gasteiger partial charge on any atom is -0.506 e. The number of carboxylic acids is 1. The highest BCUT2D eigenvalue weighted by Crippen LogP contribution is 2.46. The maximum Gasteiger partial charge on any atom is 0.311 e. The number of aliphatic carboxylic acids is 1. The van der Waals surface area contributed by atoms with Crippen molar-refractivity contribution in [3.63, 3.8) is 0 Å². The standard InChI is InChI=1S/C13H15NO3S/c15-10-3-1-2-7-11(13(16)17)8-6-18-5-4-9(8)14-12(7)10/h1-3,8-9,11,14-15H,4-6H2,(H,16,17). The highest BCUT2D eigenvalue weighted by molar-refractivity contribution is 7.99. The van der Waals surface area contributed by atoms with E-state index in [-0.39, 0.29) is 17.7 Å². The number of carboxylic acid groups (broad SMARTS) is 1. The molecule has 5 heteroatoms. The molecule has 96 valence electrons. The van der Waals surface area contributed by atoms with Crippen LogP contribution in [-0.2, 0) is 4.79 Å². The SMILES string of the molecule is O=C(O)C1c2cccc(O)c2NC2CCSCC21. The highest BCUT2D eigenvalue weighted by Gasteiger charge is 2.42. The van der Waals surface area contributed by atoms with E-state index in [2.05, 4.69) is 5.32 Å². The van der Waals surface area contributed by atoms with E-state index in [4.69, 9.17) is 0 Å². The fourth-order valence-corrected chi connectivity index (χ4v) is 4.26. The van der Waals surface area contributed by atoms with Crippen LogP contribution in [0.3, 0.4) is 0 Å². The Hall–Kier alpha value is -1.36. The van der Waals surface area contributed by atoms with Crippen LogP contribution >= 0.6 is 11.8 Å². The summed E-state index contributed by atoms with van der Waals surface area (Å²) in [6.07, 6.45) is 0.951. The topological polar surface area (TPSA) is 69.6 Å². The molecule has 3 N–H and O–H groups in total. The van der Waals surface area contributed by atoms with Gasteiger partial charge in [-0.1, -0.05) is 12.1 Å². The lowest BCUT2D eigenvalue weighted by Gasteiger charge is -2.41. The summed E-state index contributed by atoms with van der Waals surface area (Å²) in [6, 6.07) is 5.27. The number of fused-ring (bicyclic) bond motifs is 2. The normalized spacial score (nSPS) is 29.9. The van der Waals surface area contributed by atoms with E-state index in [1.807, 2.05) is 11.8 Å². The molecule has 0 radical (unpaired) electrons. The summed E-state index contributed by atoms with van der Waals surface area (Å²) < 4.78 is 0. The van der Waals surface area contributed by atoms with Crippen molar-refractivity contribution in [2.75, 3.05) is 16.8 Å². The molecule has 0 amide bonds. The van der Waals surface area contributed by atoms with Gasteiger partial charge < -0.3 is 15.5 Å². The molecule has 0 bridgehead atoms. The molecule has 1 fully saturated rings. The molecule has 2 aliphatic rings. The van der Waals surface area contributed by atoms with Crippen LogP contribution in [0.1, 0.15) is 17.9 Å². The van der Waals surface area contributed by atoms with Gasteiger partial charge in [-0.05, 0) is 29.6 Å². The van der Waals surface area contributed by atoms with Crippen LogP contribution in [0.5, 0.6) is 5.75 Å². The maximum absolute atomic E-state index is 11.6. The van der Waals surface area contributed by atoms with Gasteiger partial charge >= 0.3 is 5.97 Å². The number of phenolic OH excluding ortho intramolecular Hbond substituents is 1. The molecule has 0 spiro atoms. The number of para-hydroxylation sites is 1. The minimum atomic E-state index is -0.791. The molecule has 2 heterocycles. The molecule has 2 aliphatic heterocycles. The molecule has 1 saturated heterocycles. The van der Waals surface area contributed by atoms with Gasteiger partial charge in [0.25, 0.3) is 0 Å². The van der Waals surface area contributed by atoms with Crippen LogP contribution < -0.4 is 5.32 Å². The summed E-state index contributed by atoms with van der Waals surface area (Å²) in [4.78, 5) is 11.6. The summed E-state index contributed by atoms with van der Waals surface area (Å²) >= 11 is 1.81. The first-order valence-electron chi connectivity index (χ1n) is 6.07. The molecule has 3 atom stereocenters. The second-order valence-electron chi connectivity index (χ2n) is 4.84. The Morgan fingerprint density at radius 3 is 3.06 bits per heavy atom. The Morgan fingerprint density at radius 1 is 1.44 bits per heavy atom. The van der Waals surface area contributed by atoms with Gasteiger partial charge in [0.1, 0.15) is 5.75 Å². The Bertz CT molecular complexity index is 491. The van der Waals surface area contributed by atoms with E-state index >= 15 is 0 Å². The zero-order valence-electron chi connectivity index (χ0n) is 9.80. The van der Waals surface area contributed by atoms with Crippen molar-refractivity contribution in [2.45, 2.75) is 18.4 Å². The van der Waals surface area contributed by atoms with Crippen molar-refractivity contribution >= 4 is 23.4 Å². The Labute approximate surface area is 109 Å². The molecule has 0 aromatic heterocycles. The lowest BCUT2D eigenvalue weighted by atomic mass is 9.77. The van der Waals surface area contributed by atoms with Crippen LogP contribution in [-0.4, -0.2) is 33.7 Å². The van der Waals surface area contributed by atoms with Gasteiger partial charge in [-0.2, -0.15) is 11.8 Å². The lowest BCUT2D eigenvalue weighted by Crippen LogP contribution is -2.44. The molecule has 4 nitrogen and oxygen atoms in total. The molecule has 1 aromatic carbocycles. The summed E-state index contributed by atoms with van der Waals surface area (Å²) in [5.74, 6) is 0.866.